The molecular weight excluding hydrogens is 420 g/mol. The Morgan fingerprint density at radius 1 is 0.788 bits per heavy atom. The SMILES string of the molecule is C=C(C)C(=O)Oc1ccc(-c2ccc(OC(=O)C(=C)C)c3c2CCC3OC(=O)C(=C)C)cc1. The minimum atomic E-state index is -0.562. The van der Waals surface area contributed by atoms with E-state index in [4.69, 9.17) is 14.2 Å². The second kappa shape index (κ2) is 9.69. The molecule has 3 rings (SSSR count). The van der Waals surface area contributed by atoms with Crippen LogP contribution in [0.25, 0.3) is 11.1 Å². The van der Waals surface area contributed by atoms with E-state index in [-0.39, 0.29) is 5.57 Å². The Morgan fingerprint density at radius 3 is 1.94 bits per heavy atom. The number of fused-ring (bicyclic) bond motifs is 1. The minimum absolute atomic E-state index is 0.265. The first-order valence-corrected chi connectivity index (χ1v) is 10.5. The van der Waals surface area contributed by atoms with Gasteiger partial charge in [-0.3, -0.25) is 0 Å². The molecule has 2 aromatic rings. The quantitative estimate of drug-likeness (QED) is 0.321. The molecule has 33 heavy (non-hydrogen) atoms. The van der Waals surface area contributed by atoms with Crippen LogP contribution in [0.3, 0.4) is 0 Å². The lowest BCUT2D eigenvalue weighted by Gasteiger charge is -2.18. The fourth-order valence-corrected chi connectivity index (χ4v) is 3.48. The van der Waals surface area contributed by atoms with Crippen LogP contribution in [0.15, 0.2) is 72.9 Å². The fourth-order valence-electron chi connectivity index (χ4n) is 3.48. The van der Waals surface area contributed by atoms with Crippen LogP contribution >= 0.6 is 0 Å². The maximum Gasteiger partial charge on any atom is 0.338 e. The maximum absolute atomic E-state index is 12.2. The maximum atomic E-state index is 12.2. The lowest BCUT2D eigenvalue weighted by atomic mass is 9.96. The van der Waals surface area contributed by atoms with E-state index >= 15 is 0 Å². The predicted octanol–water partition coefficient (Wildman–Crippen LogP) is 5.42. The zero-order chi connectivity index (χ0) is 24.3. The van der Waals surface area contributed by atoms with Gasteiger partial charge in [-0.25, -0.2) is 14.4 Å². The van der Waals surface area contributed by atoms with Crippen molar-refractivity contribution >= 4 is 17.9 Å². The van der Waals surface area contributed by atoms with Crippen molar-refractivity contribution in [2.45, 2.75) is 39.7 Å². The first kappa shape index (κ1) is 23.7. The molecule has 1 atom stereocenters. The molecule has 1 aliphatic carbocycles. The number of hydrogen-bond donors (Lipinski definition) is 0. The number of ether oxygens (including phenoxy) is 3. The Balaban J connectivity index is 2.00. The lowest BCUT2D eigenvalue weighted by Crippen LogP contribution is -2.14. The third kappa shape index (κ3) is 5.29. The van der Waals surface area contributed by atoms with Gasteiger partial charge < -0.3 is 14.2 Å². The zero-order valence-electron chi connectivity index (χ0n) is 19.0. The van der Waals surface area contributed by atoms with E-state index in [0.717, 1.165) is 16.7 Å². The Bertz CT molecular complexity index is 1170. The van der Waals surface area contributed by atoms with Gasteiger partial charge in [0.1, 0.15) is 17.6 Å². The first-order valence-electron chi connectivity index (χ1n) is 10.5. The third-order valence-corrected chi connectivity index (χ3v) is 5.17. The van der Waals surface area contributed by atoms with Crippen molar-refractivity contribution in [2.24, 2.45) is 0 Å². The summed E-state index contributed by atoms with van der Waals surface area (Å²) < 4.78 is 16.4. The number of hydrogen-bond acceptors (Lipinski definition) is 6. The summed E-state index contributed by atoms with van der Waals surface area (Å²) in [6, 6.07) is 10.6. The minimum Gasteiger partial charge on any atom is -0.454 e. The molecule has 0 fully saturated rings. The van der Waals surface area contributed by atoms with Gasteiger partial charge in [-0.1, -0.05) is 37.9 Å². The molecule has 0 saturated heterocycles. The van der Waals surface area contributed by atoms with Crippen molar-refractivity contribution in [3.8, 4) is 22.6 Å². The van der Waals surface area contributed by atoms with Gasteiger partial charge in [-0.2, -0.15) is 0 Å². The van der Waals surface area contributed by atoms with Crippen LogP contribution in [0, 0.1) is 0 Å². The molecule has 170 valence electrons. The second-order valence-corrected chi connectivity index (χ2v) is 8.08. The standard InChI is InChI=1S/C27H26O6/c1-15(2)25(28)31-19-9-7-18(8-10-19)20-11-13-22(32-26(29)16(3)4)24-21(20)12-14-23(24)33-27(30)17(5)6/h7-11,13,23H,1,3,5,12,14H2,2,4,6H3. The van der Waals surface area contributed by atoms with E-state index in [1.807, 2.05) is 18.2 Å². The van der Waals surface area contributed by atoms with Crippen LogP contribution in [0.4, 0.5) is 0 Å². The van der Waals surface area contributed by atoms with Gasteiger partial charge >= 0.3 is 17.9 Å². The van der Waals surface area contributed by atoms with E-state index in [0.29, 0.717) is 41.1 Å². The molecule has 1 aliphatic rings. The van der Waals surface area contributed by atoms with E-state index in [1.54, 1.807) is 39.0 Å². The summed E-state index contributed by atoms with van der Waals surface area (Å²) in [5, 5.41) is 0. The highest BCUT2D eigenvalue weighted by atomic mass is 16.6. The van der Waals surface area contributed by atoms with Crippen molar-refractivity contribution in [3.63, 3.8) is 0 Å². The second-order valence-electron chi connectivity index (χ2n) is 8.08. The molecule has 0 spiro atoms. The van der Waals surface area contributed by atoms with Crippen LogP contribution < -0.4 is 9.47 Å². The average Bonchev–Trinajstić information content (AvgIpc) is 3.18. The molecule has 0 heterocycles. The van der Waals surface area contributed by atoms with E-state index in [2.05, 4.69) is 19.7 Å². The number of carbonyl (C=O) groups is 3. The summed E-state index contributed by atoms with van der Waals surface area (Å²) in [6.07, 6.45) is 0.619. The molecule has 0 radical (unpaired) electrons. The van der Waals surface area contributed by atoms with Gasteiger partial charge in [-0.05, 0) is 68.5 Å². The van der Waals surface area contributed by atoms with Crippen molar-refractivity contribution < 1.29 is 28.6 Å². The van der Waals surface area contributed by atoms with Crippen molar-refractivity contribution in [3.05, 3.63) is 84.0 Å². The van der Waals surface area contributed by atoms with Crippen molar-refractivity contribution in [1.29, 1.82) is 0 Å². The Hall–Kier alpha value is -3.93. The summed E-state index contributed by atoms with van der Waals surface area (Å²) in [6.45, 7) is 15.6. The molecule has 0 aliphatic heterocycles. The molecule has 6 nitrogen and oxygen atoms in total. The van der Waals surface area contributed by atoms with Gasteiger partial charge in [-0.15, -0.1) is 0 Å². The topological polar surface area (TPSA) is 78.9 Å². The highest BCUT2D eigenvalue weighted by Gasteiger charge is 2.32. The van der Waals surface area contributed by atoms with E-state index < -0.39 is 24.0 Å². The number of esters is 3. The Morgan fingerprint density at radius 2 is 1.36 bits per heavy atom. The molecule has 2 aromatic carbocycles. The smallest absolute Gasteiger partial charge is 0.338 e. The van der Waals surface area contributed by atoms with Crippen molar-refractivity contribution in [2.75, 3.05) is 0 Å². The number of carbonyl (C=O) groups excluding carboxylic acids is 3. The third-order valence-electron chi connectivity index (χ3n) is 5.17. The van der Waals surface area contributed by atoms with Crippen LogP contribution in [-0.4, -0.2) is 17.9 Å². The van der Waals surface area contributed by atoms with E-state index in [1.165, 1.54) is 0 Å². The summed E-state index contributed by atoms with van der Waals surface area (Å²) in [4.78, 5) is 36.1. The summed E-state index contributed by atoms with van der Waals surface area (Å²) >= 11 is 0. The highest BCUT2D eigenvalue weighted by Crippen LogP contribution is 2.45. The monoisotopic (exact) mass is 446 g/mol. The largest absolute Gasteiger partial charge is 0.454 e. The summed E-state index contributed by atoms with van der Waals surface area (Å²) in [5.41, 5.74) is 4.24. The normalized spacial score (nSPS) is 14.1. The lowest BCUT2D eigenvalue weighted by molar-refractivity contribution is -0.144. The van der Waals surface area contributed by atoms with Crippen LogP contribution in [0.5, 0.6) is 11.5 Å². The molecule has 0 aromatic heterocycles. The fraction of sp³-hybridized carbons (Fsp3) is 0.222. The molecule has 0 saturated carbocycles. The van der Waals surface area contributed by atoms with Gasteiger partial charge in [0, 0.05) is 22.3 Å². The van der Waals surface area contributed by atoms with Gasteiger partial charge in [0.25, 0.3) is 0 Å². The predicted molar refractivity (Wildman–Crippen MR) is 125 cm³/mol. The Labute approximate surface area is 193 Å². The Kier molecular flexibility index (Phi) is 6.97. The summed E-state index contributed by atoms with van der Waals surface area (Å²) in [5.74, 6) is -0.798. The molecule has 1 unspecified atom stereocenters. The highest BCUT2D eigenvalue weighted by molar-refractivity contribution is 5.90. The molecule has 6 heteroatoms. The summed E-state index contributed by atoms with van der Waals surface area (Å²) in [7, 11) is 0. The molecule has 0 bridgehead atoms. The van der Waals surface area contributed by atoms with Gasteiger partial charge in [0.05, 0.1) is 0 Å². The molecule has 0 N–H and O–H groups in total. The molecular formula is C27H26O6. The van der Waals surface area contributed by atoms with E-state index in [9.17, 15) is 14.4 Å². The number of benzene rings is 2. The molecule has 0 amide bonds. The first-order chi connectivity index (χ1) is 15.6. The number of rotatable bonds is 7. The van der Waals surface area contributed by atoms with Crippen LogP contribution in [0.2, 0.25) is 0 Å². The zero-order valence-corrected chi connectivity index (χ0v) is 19.0. The van der Waals surface area contributed by atoms with Crippen LogP contribution in [0.1, 0.15) is 44.4 Å². The average molecular weight is 446 g/mol. The van der Waals surface area contributed by atoms with Crippen LogP contribution in [-0.2, 0) is 25.5 Å². The van der Waals surface area contributed by atoms with Gasteiger partial charge in [0.15, 0.2) is 0 Å². The van der Waals surface area contributed by atoms with Crippen molar-refractivity contribution in [1.82, 2.24) is 0 Å². The van der Waals surface area contributed by atoms with Gasteiger partial charge in [0.2, 0.25) is 0 Å².